The van der Waals surface area contributed by atoms with Gasteiger partial charge in [-0.1, -0.05) is 83.9 Å². The zero-order valence-corrected chi connectivity index (χ0v) is 59.1. The number of carbonyl (C=O) groups is 5. The molecule has 498 valence electrons. The van der Waals surface area contributed by atoms with E-state index in [1.165, 1.54) is 0 Å². The van der Waals surface area contributed by atoms with E-state index in [0.717, 1.165) is 56.6 Å². The van der Waals surface area contributed by atoms with Crippen LogP contribution in [0, 0.1) is 19.8 Å². The second-order valence-electron chi connectivity index (χ2n) is 23.1. The normalized spacial score (nSPS) is 13.0. The number of halogens is 1. The minimum absolute atomic E-state index is 0. The maximum atomic E-state index is 12.7. The number of methoxy groups -OCH3 is 2. The number of nitrogens with one attached hydrogen (secondary N) is 1. The van der Waals surface area contributed by atoms with Crippen molar-refractivity contribution in [2.75, 3.05) is 79.5 Å². The predicted molar refractivity (Wildman–Crippen MR) is 349 cm³/mol. The number of aliphatic carboxylic acids is 1. The highest BCUT2D eigenvalue weighted by Crippen LogP contribution is 2.48. The van der Waals surface area contributed by atoms with E-state index < -0.39 is 42.7 Å². The Morgan fingerprint density at radius 2 is 1.07 bits per heavy atom. The maximum absolute atomic E-state index is 12.7. The van der Waals surface area contributed by atoms with Crippen LogP contribution < -0.4 is 30.0 Å². The number of benzene rings is 2. The van der Waals surface area contributed by atoms with Crippen LogP contribution in [0.4, 0.5) is 4.79 Å². The topological polar surface area (TPSA) is 279 Å². The summed E-state index contributed by atoms with van der Waals surface area (Å²) in [6.07, 6.45) is 6.53. The van der Waals surface area contributed by atoms with Gasteiger partial charge in [0.1, 0.15) is 47.3 Å². The average molecular weight is 1320 g/mol. The summed E-state index contributed by atoms with van der Waals surface area (Å²) in [5.74, 6) is 1.17. The summed E-state index contributed by atoms with van der Waals surface area (Å²) in [6.45, 7) is 35.8. The van der Waals surface area contributed by atoms with Gasteiger partial charge in [-0.2, -0.15) is 0 Å². The van der Waals surface area contributed by atoms with Gasteiger partial charge in [0.15, 0.2) is 0 Å². The molecule has 0 aromatic heterocycles. The first-order valence-corrected chi connectivity index (χ1v) is 40.6. The predicted octanol–water partition coefficient (Wildman–Crippen LogP) is 14.6. The highest BCUT2D eigenvalue weighted by molar-refractivity contribution is 7.54. The molecule has 21 nitrogen and oxygen atoms in total. The van der Waals surface area contributed by atoms with E-state index in [4.69, 9.17) is 69.0 Å². The Labute approximate surface area is 526 Å². The van der Waals surface area contributed by atoms with Crippen LogP contribution in [-0.4, -0.2) is 130 Å². The molecule has 87 heavy (non-hydrogen) atoms. The second-order valence-corrected chi connectivity index (χ2v) is 38.9. The lowest BCUT2D eigenvalue weighted by atomic mass is 9.94. The number of amides is 1. The van der Waals surface area contributed by atoms with Crippen molar-refractivity contribution in [3.63, 3.8) is 0 Å². The van der Waals surface area contributed by atoms with Crippen molar-refractivity contribution in [3.05, 3.63) is 67.8 Å². The fourth-order valence-electron chi connectivity index (χ4n) is 8.38. The fraction of sp³-hybridized carbons (Fsp3) is 0.656. The molecule has 2 aliphatic heterocycles. The Morgan fingerprint density at radius 3 is 1.39 bits per heavy atom. The monoisotopic (exact) mass is 1320 g/mol. The highest BCUT2D eigenvalue weighted by atomic mass is 35.5. The molecule has 0 saturated carbocycles. The molecule has 0 aliphatic carbocycles. The molecule has 2 aromatic rings. The van der Waals surface area contributed by atoms with Crippen molar-refractivity contribution in [2.24, 2.45) is 11.7 Å². The van der Waals surface area contributed by atoms with Crippen LogP contribution in [0.1, 0.15) is 143 Å². The molecule has 0 radical (unpaired) electrons. The van der Waals surface area contributed by atoms with Crippen molar-refractivity contribution in [3.8, 4) is 23.0 Å². The van der Waals surface area contributed by atoms with Crippen LogP contribution in [-0.2, 0) is 77.1 Å². The van der Waals surface area contributed by atoms with Crippen LogP contribution in [0.3, 0.4) is 0 Å². The molecule has 0 saturated heterocycles. The van der Waals surface area contributed by atoms with E-state index in [9.17, 15) is 33.1 Å². The molecule has 2 aliphatic rings. The number of esters is 2. The zero-order valence-electron chi connectivity index (χ0n) is 54.5. The van der Waals surface area contributed by atoms with Crippen LogP contribution in [0.25, 0.3) is 0 Å². The minimum Gasteiger partial charge on any atom is -0.496 e. The number of hydrogen-bond acceptors (Lipinski definition) is 19. The van der Waals surface area contributed by atoms with Gasteiger partial charge in [0.25, 0.3) is 0 Å². The largest absolute Gasteiger partial charge is 0.496 e. The SMILES string of the molecule is C.CC(C)COC(=O)Cl.CCOP(=O)(CCNC(=O)CC/C(C)=C/Cc1c(OC)c(C)c2c(c1OCC[Si](C)(C)C)C(=O)OC2)OCC.CCOP(=O)(CN)OCC.COc1c(C)c2c(c(OCC[Si](C)(C)C)c1C/C=C(\C)CCC(=O)O)C(=O)OC2. The highest BCUT2D eigenvalue weighted by Gasteiger charge is 2.35. The molecular weight excluding hydrogens is 1220 g/mol. The number of carboxylic acid groups (broad SMARTS) is 1. The number of carbonyl (C=O) groups excluding carboxylic acids is 4. The Bertz CT molecular complexity index is 2690. The molecule has 26 heteroatoms. The number of fused-ring (bicyclic) bond motifs is 2. The molecule has 0 bridgehead atoms. The van der Waals surface area contributed by atoms with E-state index in [1.54, 1.807) is 41.9 Å². The molecule has 4 rings (SSSR count). The molecule has 4 N–H and O–H groups in total. The Kier molecular flexibility index (Phi) is 38.8. The van der Waals surface area contributed by atoms with Crippen LogP contribution >= 0.6 is 26.8 Å². The first kappa shape index (κ1) is 82.5. The summed E-state index contributed by atoms with van der Waals surface area (Å²) in [5.41, 5.74) is 12.5. The maximum Gasteiger partial charge on any atom is 0.403 e. The standard InChI is InChI=1S/C28H46NO8PSi.C22H32O6Si.C5H9ClO2.C5H14NO3P.CH4/c1-9-36-38(32,37-10-2)17-15-29-24(30)14-12-20(3)11-13-22-26(33-5)21(4)23-19-35-28(31)25(23)27(22)34-16-18-39(6,7)8;1-14(8-10-18(23)24)7-9-16-20(26-3)15(2)17-13-28-22(25)19(17)21(16)27-11-12-29(4,5)6;1-4(2)3-8-5(6)7;1-3-8-10(7,5-6)9-4-2;/h11H,9-10,12-19H2,1-8H3,(H,29,30);7H,8-13H2,1-6H3,(H,23,24);4H,3H2,1-2H3;3-6H2,1-2H3;1H4/b20-11+;14-7+;;;. The van der Waals surface area contributed by atoms with Crippen LogP contribution in [0.5, 0.6) is 23.0 Å². The lowest BCUT2D eigenvalue weighted by Gasteiger charge is -2.21. The van der Waals surface area contributed by atoms with E-state index in [2.05, 4.69) is 49.3 Å². The molecule has 2 heterocycles. The van der Waals surface area contributed by atoms with Gasteiger partial charge in [0, 0.05) is 69.4 Å². The number of carboxylic acids is 1. The van der Waals surface area contributed by atoms with Gasteiger partial charge in [-0.25, -0.2) is 14.4 Å². The number of nitrogens with two attached hydrogens (primary N) is 1. The first-order valence-electron chi connectivity index (χ1n) is 29.3. The smallest absolute Gasteiger partial charge is 0.403 e. The number of rotatable bonds is 34. The third kappa shape index (κ3) is 30.2. The average Bonchev–Trinajstić information content (AvgIpc) is 1.75. The summed E-state index contributed by atoms with van der Waals surface area (Å²) >= 11 is 4.86. The van der Waals surface area contributed by atoms with Gasteiger partial charge >= 0.3 is 38.5 Å². The Morgan fingerprint density at radius 1 is 0.678 bits per heavy atom. The van der Waals surface area contributed by atoms with Gasteiger partial charge in [0.05, 0.1) is 72.9 Å². The van der Waals surface area contributed by atoms with Gasteiger partial charge in [-0.05, 0) is 110 Å². The minimum atomic E-state index is -3.18. The van der Waals surface area contributed by atoms with Crippen LogP contribution in [0.15, 0.2) is 23.3 Å². The number of hydrogen-bond donors (Lipinski definition) is 3. The van der Waals surface area contributed by atoms with E-state index >= 15 is 0 Å². The Hall–Kier alpha value is -4.55. The molecular formula is C61H105ClN2O19P2Si2. The third-order valence-corrected chi connectivity index (χ3v) is 20.3. The molecule has 0 unspecified atom stereocenters. The molecule has 2 aromatic carbocycles. The van der Waals surface area contributed by atoms with Crippen molar-refractivity contribution in [1.82, 2.24) is 5.32 Å². The second kappa shape index (κ2) is 41.0. The fourth-order valence-corrected chi connectivity index (χ4v) is 12.4. The number of cyclic esters (lactones) is 2. The van der Waals surface area contributed by atoms with Gasteiger partial charge in [0.2, 0.25) is 5.91 Å². The summed E-state index contributed by atoms with van der Waals surface area (Å²) < 4.78 is 82.9. The lowest BCUT2D eigenvalue weighted by molar-refractivity contribution is -0.137. The van der Waals surface area contributed by atoms with Crippen molar-refractivity contribution in [2.45, 2.75) is 180 Å². The van der Waals surface area contributed by atoms with Gasteiger partial charge < -0.3 is 67.4 Å². The summed E-state index contributed by atoms with van der Waals surface area (Å²) in [7, 11) is -5.51. The Balaban J connectivity index is 0.00000134. The summed E-state index contributed by atoms with van der Waals surface area (Å²) in [4.78, 5) is 58.2. The number of allylic oxidation sites excluding steroid dienone is 4. The van der Waals surface area contributed by atoms with Gasteiger partial charge in [-0.15, -0.1) is 0 Å². The zero-order chi connectivity index (χ0) is 65.6. The van der Waals surface area contributed by atoms with E-state index in [0.29, 0.717) is 105 Å². The summed E-state index contributed by atoms with van der Waals surface area (Å²) in [6, 6.07) is 1.93. The quantitative estimate of drug-likeness (QED) is 0.0147. The molecule has 0 spiro atoms. The molecule has 0 fully saturated rings. The van der Waals surface area contributed by atoms with Crippen molar-refractivity contribution in [1.29, 1.82) is 0 Å². The summed E-state index contributed by atoms with van der Waals surface area (Å²) in [5, 5.41) is 11.7. The molecule has 1 amide bonds. The lowest BCUT2D eigenvalue weighted by Crippen LogP contribution is -2.26. The van der Waals surface area contributed by atoms with Crippen molar-refractivity contribution < 1.29 is 89.5 Å². The van der Waals surface area contributed by atoms with E-state index in [1.807, 2.05) is 53.7 Å². The number of ether oxygens (including phenoxy) is 7. The van der Waals surface area contributed by atoms with Crippen molar-refractivity contribution >= 4 is 72.2 Å². The van der Waals surface area contributed by atoms with E-state index in [-0.39, 0.29) is 77.1 Å². The van der Waals surface area contributed by atoms with Crippen LogP contribution in [0.2, 0.25) is 51.4 Å². The third-order valence-electron chi connectivity index (χ3n) is 13.0. The first-order chi connectivity index (χ1) is 40.2. The van der Waals surface area contributed by atoms with Gasteiger partial charge in [-0.3, -0.25) is 18.7 Å². The molecule has 0 atom stereocenters.